The van der Waals surface area contributed by atoms with Crippen LogP contribution >= 0.6 is 0 Å². The lowest BCUT2D eigenvalue weighted by atomic mass is 10.2. The summed E-state index contributed by atoms with van der Waals surface area (Å²) in [4.78, 5) is 28.1. The molecule has 3 aromatic rings. The first-order chi connectivity index (χ1) is 13.1. The van der Waals surface area contributed by atoms with Crippen LogP contribution in [0.5, 0.6) is 11.5 Å². The molecule has 0 fully saturated rings. The van der Waals surface area contributed by atoms with Gasteiger partial charge in [-0.25, -0.2) is 9.78 Å². The zero-order valence-electron chi connectivity index (χ0n) is 14.7. The molecule has 0 saturated heterocycles. The van der Waals surface area contributed by atoms with Crippen LogP contribution in [0.3, 0.4) is 0 Å². The number of carbonyl (C=O) groups excluding carboxylic acids is 2. The van der Waals surface area contributed by atoms with Crippen molar-refractivity contribution in [3.63, 3.8) is 0 Å². The number of hydrogen-bond acceptors (Lipinski definition) is 5. The van der Waals surface area contributed by atoms with E-state index in [4.69, 9.17) is 9.47 Å². The van der Waals surface area contributed by atoms with Gasteiger partial charge in [-0.05, 0) is 55.5 Å². The number of rotatable bonds is 6. The Kier molecular flexibility index (Phi) is 5.79. The number of pyridine rings is 1. The Hall–Kier alpha value is -3.67. The average molecular weight is 362 g/mol. The van der Waals surface area contributed by atoms with E-state index in [1.807, 2.05) is 30.3 Å². The second-order valence-electron chi connectivity index (χ2n) is 5.69. The summed E-state index contributed by atoms with van der Waals surface area (Å²) in [5, 5.41) is 2.70. The number of amides is 1. The Morgan fingerprint density at radius 3 is 2.22 bits per heavy atom. The van der Waals surface area contributed by atoms with E-state index >= 15 is 0 Å². The number of ether oxygens (including phenoxy) is 2. The third-order valence-electron chi connectivity index (χ3n) is 3.63. The molecule has 3 rings (SSSR count). The van der Waals surface area contributed by atoms with Gasteiger partial charge in [-0.2, -0.15) is 0 Å². The van der Waals surface area contributed by atoms with Gasteiger partial charge in [0.25, 0.3) is 5.91 Å². The summed E-state index contributed by atoms with van der Waals surface area (Å²) in [7, 11) is 0. The molecule has 6 heteroatoms. The minimum atomic E-state index is -0.959. The molecule has 0 bridgehead atoms. The predicted molar refractivity (Wildman–Crippen MR) is 101 cm³/mol. The van der Waals surface area contributed by atoms with E-state index < -0.39 is 18.0 Å². The highest BCUT2D eigenvalue weighted by molar-refractivity contribution is 5.96. The Bertz CT molecular complexity index is 896. The molecule has 1 unspecified atom stereocenters. The zero-order valence-corrected chi connectivity index (χ0v) is 14.7. The van der Waals surface area contributed by atoms with Crippen LogP contribution < -0.4 is 10.1 Å². The summed E-state index contributed by atoms with van der Waals surface area (Å²) in [6.45, 7) is 1.50. The van der Waals surface area contributed by atoms with Crippen molar-refractivity contribution in [3.8, 4) is 11.5 Å². The average Bonchev–Trinajstić information content (AvgIpc) is 2.71. The lowest BCUT2D eigenvalue weighted by molar-refractivity contribution is -0.123. The normalized spacial score (nSPS) is 11.3. The van der Waals surface area contributed by atoms with Crippen molar-refractivity contribution in [1.82, 2.24) is 4.98 Å². The largest absolute Gasteiger partial charge is 0.457 e. The van der Waals surface area contributed by atoms with Crippen LogP contribution in [-0.2, 0) is 9.53 Å². The number of nitrogens with zero attached hydrogens (tertiary/aromatic N) is 1. The first-order valence-corrected chi connectivity index (χ1v) is 8.37. The van der Waals surface area contributed by atoms with Crippen molar-refractivity contribution >= 4 is 17.6 Å². The summed E-state index contributed by atoms with van der Waals surface area (Å²) in [6.07, 6.45) is 0.528. The van der Waals surface area contributed by atoms with Gasteiger partial charge >= 0.3 is 5.97 Å². The van der Waals surface area contributed by atoms with Crippen LogP contribution in [0.1, 0.15) is 17.4 Å². The quantitative estimate of drug-likeness (QED) is 0.669. The molecule has 136 valence electrons. The van der Waals surface area contributed by atoms with Crippen molar-refractivity contribution in [1.29, 1.82) is 0 Å². The molecule has 2 aromatic carbocycles. The number of esters is 1. The molecule has 0 aliphatic heterocycles. The minimum absolute atomic E-state index is 0.152. The standard InChI is InChI=1S/C21H18N2O4/c1-15(26-21(25)19-9-5-6-14-22-19)20(24)23-16-10-12-18(13-11-16)27-17-7-3-2-4-8-17/h2-15H,1H3,(H,23,24). The predicted octanol–water partition coefficient (Wildman–Crippen LogP) is 4.06. The van der Waals surface area contributed by atoms with Crippen LogP contribution in [0.4, 0.5) is 5.69 Å². The second-order valence-corrected chi connectivity index (χ2v) is 5.69. The van der Waals surface area contributed by atoms with Crippen molar-refractivity contribution < 1.29 is 19.1 Å². The van der Waals surface area contributed by atoms with E-state index in [9.17, 15) is 9.59 Å². The molecular formula is C21H18N2O4. The number of aromatic nitrogens is 1. The lowest BCUT2D eigenvalue weighted by Crippen LogP contribution is -2.30. The summed E-state index contributed by atoms with van der Waals surface area (Å²) in [6, 6.07) is 21.2. The molecule has 0 aliphatic carbocycles. The third-order valence-corrected chi connectivity index (χ3v) is 3.63. The first-order valence-electron chi connectivity index (χ1n) is 8.37. The molecule has 1 N–H and O–H groups in total. The number of para-hydroxylation sites is 1. The van der Waals surface area contributed by atoms with E-state index in [1.54, 1.807) is 36.4 Å². The van der Waals surface area contributed by atoms with Gasteiger partial charge in [-0.15, -0.1) is 0 Å². The number of hydrogen-bond donors (Lipinski definition) is 1. The van der Waals surface area contributed by atoms with E-state index in [0.717, 1.165) is 5.75 Å². The second kappa shape index (κ2) is 8.62. The molecule has 0 saturated carbocycles. The number of benzene rings is 2. The fraction of sp³-hybridized carbons (Fsp3) is 0.0952. The molecule has 1 atom stereocenters. The minimum Gasteiger partial charge on any atom is -0.457 e. The summed E-state index contributed by atoms with van der Waals surface area (Å²) >= 11 is 0. The van der Waals surface area contributed by atoms with Crippen LogP contribution in [0.15, 0.2) is 79.0 Å². The van der Waals surface area contributed by atoms with Gasteiger partial charge in [-0.1, -0.05) is 24.3 Å². The van der Waals surface area contributed by atoms with Gasteiger partial charge in [0.15, 0.2) is 6.10 Å². The Morgan fingerprint density at radius 2 is 1.56 bits per heavy atom. The SMILES string of the molecule is CC(OC(=O)c1ccccn1)C(=O)Nc1ccc(Oc2ccccc2)cc1. The van der Waals surface area contributed by atoms with Crippen molar-refractivity contribution in [2.75, 3.05) is 5.32 Å². The molecular weight excluding hydrogens is 344 g/mol. The maximum absolute atomic E-state index is 12.2. The van der Waals surface area contributed by atoms with E-state index in [1.165, 1.54) is 19.2 Å². The molecule has 1 aromatic heterocycles. The maximum atomic E-state index is 12.2. The number of anilines is 1. The van der Waals surface area contributed by atoms with Crippen LogP contribution in [0.2, 0.25) is 0 Å². The third kappa shape index (κ3) is 5.15. The van der Waals surface area contributed by atoms with Crippen LogP contribution in [0, 0.1) is 0 Å². The topological polar surface area (TPSA) is 77.5 Å². The smallest absolute Gasteiger partial charge is 0.357 e. The van der Waals surface area contributed by atoms with Gasteiger partial charge in [0.05, 0.1) is 0 Å². The maximum Gasteiger partial charge on any atom is 0.357 e. The van der Waals surface area contributed by atoms with Gasteiger partial charge in [-0.3, -0.25) is 4.79 Å². The highest BCUT2D eigenvalue weighted by atomic mass is 16.5. The van der Waals surface area contributed by atoms with Crippen LogP contribution in [-0.4, -0.2) is 23.0 Å². The zero-order chi connectivity index (χ0) is 19.1. The Labute approximate surface area is 156 Å². The summed E-state index contributed by atoms with van der Waals surface area (Å²) in [5.74, 6) is 0.291. The molecule has 0 radical (unpaired) electrons. The van der Waals surface area contributed by atoms with Crippen LogP contribution in [0.25, 0.3) is 0 Å². The molecule has 1 heterocycles. The fourth-order valence-corrected chi connectivity index (χ4v) is 2.23. The van der Waals surface area contributed by atoms with E-state index in [-0.39, 0.29) is 5.69 Å². The number of carbonyl (C=O) groups is 2. The summed E-state index contributed by atoms with van der Waals surface area (Å²) in [5.41, 5.74) is 0.723. The molecule has 27 heavy (non-hydrogen) atoms. The molecule has 0 spiro atoms. The first kappa shape index (κ1) is 18.1. The van der Waals surface area contributed by atoms with Gasteiger partial charge < -0.3 is 14.8 Å². The highest BCUT2D eigenvalue weighted by Crippen LogP contribution is 2.22. The Morgan fingerprint density at radius 1 is 0.889 bits per heavy atom. The monoisotopic (exact) mass is 362 g/mol. The van der Waals surface area contributed by atoms with Crippen molar-refractivity contribution in [2.24, 2.45) is 0 Å². The van der Waals surface area contributed by atoms with Gasteiger partial charge in [0, 0.05) is 11.9 Å². The Balaban J connectivity index is 1.55. The number of nitrogens with one attached hydrogen (secondary N) is 1. The summed E-state index contributed by atoms with van der Waals surface area (Å²) < 4.78 is 10.8. The van der Waals surface area contributed by atoms with Gasteiger partial charge in [0.2, 0.25) is 0 Å². The van der Waals surface area contributed by atoms with E-state index in [0.29, 0.717) is 11.4 Å². The van der Waals surface area contributed by atoms with Gasteiger partial charge in [0.1, 0.15) is 17.2 Å². The molecule has 1 amide bonds. The molecule has 6 nitrogen and oxygen atoms in total. The highest BCUT2D eigenvalue weighted by Gasteiger charge is 2.19. The lowest BCUT2D eigenvalue weighted by Gasteiger charge is -2.13. The van der Waals surface area contributed by atoms with Crippen molar-refractivity contribution in [3.05, 3.63) is 84.7 Å². The fourth-order valence-electron chi connectivity index (χ4n) is 2.23. The van der Waals surface area contributed by atoms with Crippen molar-refractivity contribution in [2.45, 2.75) is 13.0 Å². The molecule has 0 aliphatic rings. The van der Waals surface area contributed by atoms with E-state index in [2.05, 4.69) is 10.3 Å².